The number of H-pyrrole nitrogens is 1. The predicted molar refractivity (Wildman–Crippen MR) is 62.3 cm³/mol. The third-order valence-corrected chi connectivity index (χ3v) is 3.92. The molecule has 0 aliphatic rings. The lowest BCUT2D eigenvalue weighted by Gasteiger charge is -2.06. The first-order valence-corrected chi connectivity index (χ1v) is 6.94. The van der Waals surface area contributed by atoms with Gasteiger partial charge in [-0.1, -0.05) is 21.1 Å². The number of hydrogen-bond acceptors (Lipinski definition) is 5. The SMILES string of the molecule is O=S(=O)(NCc1nn[nH]n1)c1ccc(Br)cc1F. The van der Waals surface area contributed by atoms with Crippen LogP contribution in [0.5, 0.6) is 0 Å². The molecule has 0 bridgehead atoms. The van der Waals surface area contributed by atoms with E-state index in [1.807, 2.05) is 0 Å². The molecule has 0 atom stereocenters. The molecule has 0 aliphatic carbocycles. The van der Waals surface area contributed by atoms with E-state index in [4.69, 9.17) is 0 Å². The van der Waals surface area contributed by atoms with Gasteiger partial charge >= 0.3 is 0 Å². The second kappa shape index (κ2) is 5.08. The van der Waals surface area contributed by atoms with Crippen molar-refractivity contribution in [2.75, 3.05) is 0 Å². The van der Waals surface area contributed by atoms with Crippen LogP contribution in [0.2, 0.25) is 0 Å². The number of rotatable bonds is 4. The van der Waals surface area contributed by atoms with E-state index >= 15 is 0 Å². The molecule has 0 aliphatic heterocycles. The van der Waals surface area contributed by atoms with E-state index in [1.54, 1.807) is 0 Å². The number of benzene rings is 1. The minimum Gasteiger partial charge on any atom is -0.207 e. The minimum absolute atomic E-state index is 0.163. The number of aromatic amines is 1. The van der Waals surface area contributed by atoms with E-state index in [1.165, 1.54) is 6.07 Å². The van der Waals surface area contributed by atoms with E-state index in [-0.39, 0.29) is 12.4 Å². The monoisotopic (exact) mass is 335 g/mol. The van der Waals surface area contributed by atoms with Gasteiger partial charge < -0.3 is 0 Å². The van der Waals surface area contributed by atoms with E-state index in [2.05, 4.69) is 41.3 Å². The molecule has 7 nitrogen and oxygen atoms in total. The maximum Gasteiger partial charge on any atom is 0.243 e. The second-order valence-electron chi connectivity index (χ2n) is 3.23. The Hall–Kier alpha value is -1.39. The second-order valence-corrected chi connectivity index (χ2v) is 5.88. The summed E-state index contributed by atoms with van der Waals surface area (Å²) in [7, 11) is -3.95. The number of aromatic nitrogens is 4. The molecule has 0 saturated carbocycles. The molecule has 1 aromatic carbocycles. The lowest BCUT2D eigenvalue weighted by molar-refractivity contribution is 0.555. The fourth-order valence-corrected chi connectivity index (χ4v) is 2.56. The summed E-state index contributed by atoms with van der Waals surface area (Å²) in [5.74, 6) is -0.680. The summed E-state index contributed by atoms with van der Waals surface area (Å²) >= 11 is 3.05. The molecule has 2 rings (SSSR count). The maximum absolute atomic E-state index is 13.5. The van der Waals surface area contributed by atoms with Crippen LogP contribution < -0.4 is 4.72 Å². The fraction of sp³-hybridized carbons (Fsp3) is 0.125. The van der Waals surface area contributed by atoms with Gasteiger partial charge in [-0.15, -0.1) is 10.2 Å². The summed E-state index contributed by atoms with van der Waals surface area (Å²) in [5, 5.41) is 12.6. The van der Waals surface area contributed by atoms with Crippen molar-refractivity contribution >= 4 is 26.0 Å². The highest BCUT2D eigenvalue weighted by Crippen LogP contribution is 2.19. The Balaban J connectivity index is 2.20. The van der Waals surface area contributed by atoms with E-state index in [0.717, 1.165) is 12.1 Å². The van der Waals surface area contributed by atoms with Crippen molar-refractivity contribution in [3.8, 4) is 0 Å². The van der Waals surface area contributed by atoms with Gasteiger partial charge in [0.2, 0.25) is 10.0 Å². The highest BCUT2D eigenvalue weighted by molar-refractivity contribution is 9.10. The van der Waals surface area contributed by atoms with Crippen molar-refractivity contribution in [3.63, 3.8) is 0 Å². The summed E-state index contributed by atoms with van der Waals surface area (Å²) in [6.45, 7) is -0.172. The molecule has 0 fully saturated rings. The van der Waals surface area contributed by atoms with Gasteiger partial charge in [0, 0.05) is 4.47 Å². The molecule has 2 N–H and O–H groups in total. The molecular weight excluding hydrogens is 329 g/mol. The van der Waals surface area contributed by atoms with Crippen LogP contribution in [0.1, 0.15) is 5.82 Å². The molecule has 0 radical (unpaired) electrons. The van der Waals surface area contributed by atoms with Crippen LogP contribution in [0, 0.1) is 5.82 Å². The van der Waals surface area contributed by atoms with E-state index < -0.39 is 20.7 Å². The normalized spacial score (nSPS) is 11.7. The average Bonchev–Trinajstić information content (AvgIpc) is 2.78. The van der Waals surface area contributed by atoms with Crippen LogP contribution in [0.15, 0.2) is 27.6 Å². The van der Waals surface area contributed by atoms with Crippen molar-refractivity contribution in [2.24, 2.45) is 0 Å². The molecule has 0 spiro atoms. The van der Waals surface area contributed by atoms with Crippen LogP contribution >= 0.6 is 15.9 Å². The third kappa shape index (κ3) is 2.89. The van der Waals surface area contributed by atoms with Gasteiger partial charge in [0.25, 0.3) is 0 Å². The first kappa shape index (κ1) is 13.1. The number of halogens is 2. The van der Waals surface area contributed by atoms with Crippen molar-refractivity contribution in [2.45, 2.75) is 11.4 Å². The Bertz CT molecular complexity index is 646. The van der Waals surface area contributed by atoms with Gasteiger partial charge in [0.1, 0.15) is 10.7 Å². The molecule has 2 aromatic rings. The third-order valence-electron chi connectivity index (χ3n) is 1.99. The largest absolute Gasteiger partial charge is 0.243 e. The molecule has 1 heterocycles. The highest BCUT2D eigenvalue weighted by atomic mass is 79.9. The number of nitrogens with one attached hydrogen (secondary N) is 2. The number of sulfonamides is 1. The van der Waals surface area contributed by atoms with Gasteiger partial charge in [-0.3, -0.25) is 0 Å². The van der Waals surface area contributed by atoms with Crippen LogP contribution in [0.25, 0.3) is 0 Å². The topological polar surface area (TPSA) is 101 Å². The quantitative estimate of drug-likeness (QED) is 0.851. The number of tetrazole rings is 1. The summed E-state index contributed by atoms with van der Waals surface area (Å²) in [4.78, 5) is -0.436. The Kier molecular flexibility index (Phi) is 3.68. The molecule has 96 valence electrons. The molecule has 0 unspecified atom stereocenters. The molecule has 0 saturated heterocycles. The standard InChI is InChI=1S/C8H7BrFN5O2S/c9-5-1-2-7(6(10)3-5)18(16,17)11-4-8-12-14-15-13-8/h1-3,11H,4H2,(H,12,13,14,15). The maximum atomic E-state index is 13.5. The molecule has 0 amide bonds. The molecular formula is C8H7BrFN5O2S. The number of nitrogens with zero attached hydrogens (tertiary/aromatic N) is 3. The summed E-state index contributed by atoms with van der Waals surface area (Å²) in [6.07, 6.45) is 0. The fourth-order valence-electron chi connectivity index (χ4n) is 1.19. The van der Waals surface area contributed by atoms with Gasteiger partial charge in [-0.2, -0.15) is 5.21 Å². The first-order chi connectivity index (χ1) is 8.49. The number of hydrogen-bond donors (Lipinski definition) is 2. The van der Waals surface area contributed by atoms with Crippen LogP contribution in [0.3, 0.4) is 0 Å². The Morgan fingerprint density at radius 3 is 2.83 bits per heavy atom. The van der Waals surface area contributed by atoms with Crippen LogP contribution in [-0.2, 0) is 16.6 Å². The average molecular weight is 336 g/mol. The van der Waals surface area contributed by atoms with Gasteiger partial charge in [-0.05, 0) is 18.2 Å². The van der Waals surface area contributed by atoms with Crippen LogP contribution in [0.4, 0.5) is 4.39 Å². The zero-order valence-corrected chi connectivity index (χ0v) is 11.2. The molecule has 1 aromatic heterocycles. The first-order valence-electron chi connectivity index (χ1n) is 4.66. The zero-order chi connectivity index (χ0) is 13.2. The summed E-state index contributed by atoms with van der Waals surface area (Å²) in [5.41, 5.74) is 0. The van der Waals surface area contributed by atoms with E-state index in [9.17, 15) is 12.8 Å². The van der Waals surface area contributed by atoms with Gasteiger partial charge in [0.05, 0.1) is 6.54 Å². The van der Waals surface area contributed by atoms with Crippen molar-refractivity contribution < 1.29 is 12.8 Å². The molecule has 18 heavy (non-hydrogen) atoms. The van der Waals surface area contributed by atoms with E-state index in [0.29, 0.717) is 4.47 Å². The lowest BCUT2D eigenvalue weighted by Crippen LogP contribution is -2.24. The Morgan fingerprint density at radius 1 is 1.44 bits per heavy atom. The lowest BCUT2D eigenvalue weighted by atomic mass is 10.3. The summed E-state index contributed by atoms with van der Waals surface area (Å²) in [6, 6.07) is 3.67. The van der Waals surface area contributed by atoms with Crippen molar-refractivity contribution in [1.29, 1.82) is 0 Å². The Morgan fingerprint density at radius 2 is 2.22 bits per heavy atom. The van der Waals surface area contributed by atoms with Gasteiger partial charge in [0.15, 0.2) is 5.82 Å². The predicted octanol–water partition coefficient (Wildman–Crippen LogP) is 0.580. The summed E-state index contributed by atoms with van der Waals surface area (Å²) < 4.78 is 39.8. The zero-order valence-electron chi connectivity index (χ0n) is 8.76. The minimum atomic E-state index is -3.95. The smallest absolute Gasteiger partial charge is 0.207 e. The van der Waals surface area contributed by atoms with Crippen molar-refractivity contribution in [3.05, 3.63) is 34.3 Å². The highest BCUT2D eigenvalue weighted by Gasteiger charge is 2.19. The van der Waals surface area contributed by atoms with Gasteiger partial charge in [-0.25, -0.2) is 17.5 Å². The van der Waals surface area contributed by atoms with Crippen LogP contribution in [-0.4, -0.2) is 29.0 Å². The Labute approximate surface area is 110 Å². The molecule has 10 heteroatoms. The van der Waals surface area contributed by atoms with Crippen molar-refractivity contribution in [1.82, 2.24) is 25.3 Å².